The van der Waals surface area contributed by atoms with Crippen molar-refractivity contribution in [3.8, 4) is 0 Å². The SMILES string of the molecule is O=C(CSc1nnc(N2CCCC2)n1Cc1ccco1)NC1CCCc2ccccc21. The Morgan fingerprint density at radius 3 is 2.84 bits per heavy atom. The number of carbonyl (C=O) groups excluding carboxylic acids is 1. The van der Waals surface area contributed by atoms with Crippen molar-refractivity contribution < 1.29 is 9.21 Å². The van der Waals surface area contributed by atoms with E-state index in [2.05, 4.69) is 49.2 Å². The summed E-state index contributed by atoms with van der Waals surface area (Å²) in [5.41, 5.74) is 2.60. The Labute approximate surface area is 186 Å². The topological polar surface area (TPSA) is 76.2 Å². The number of amides is 1. The van der Waals surface area contributed by atoms with Crippen LogP contribution in [0, 0.1) is 0 Å². The molecule has 1 aliphatic carbocycles. The number of benzene rings is 1. The number of rotatable bonds is 7. The monoisotopic (exact) mass is 437 g/mol. The van der Waals surface area contributed by atoms with Gasteiger partial charge in [-0.15, -0.1) is 10.2 Å². The van der Waals surface area contributed by atoms with Gasteiger partial charge < -0.3 is 14.6 Å². The maximum absolute atomic E-state index is 12.8. The van der Waals surface area contributed by atoms with Gasteiger partial charge in [-0.1, -0.05) is 36.0 Å². The largest absolute Gasteiger partial charge is 0.467 e. The van der Waals surface area contributed by atoms with E-state index < -0.39 is 0 Å². The molecule has 0 spiro atoms. The molecule has 31 heavy (non-hydrogen) atoms. The van der Waals surface area contributed by atoms with Gasteiger partial charge in [-0.2, -0.15) is 0 Å². The predicted molar refractivity (Wildman–Crippen MR) is 120 cm³/mol. The van der Waals surface area contributed by atoms with Crippen molar-refractivity contribution >= 4 is 23.6 Å². The minimum atomic E-state index is 0.0296. The molecule has 1 amide bonds. The van der Waals surface area contributed by atoms with Crippen LogP contribution in [0.1, 0.15) is 48.6 Å². The minimum Gasteiger partial charge on any atom is -0.467 e. The lowest BCUT2D eigenvalue weighted by molar-refractivity contribution is -0.119. The first-order valence-electron chi connectivity index (χ1n) is 11.0. The highest BCUT2D eigenvalue weighted by Gasteiger charge is 2.24. The molecule has 0 radical (unpaired) electrons. The van der Waals surface area contributed by atoms with Crippen molar-refractivity contribution in [3.63, 3.8) is 0 Å². The Hall–Kier alpha value is -2.74. The number of nitrogens with one attached hydrogen (secondary N) is 1. The molecule has 2 aliphatic rings. The molecule has 1 N–H and O–H groups in total. The van der Waals surface area contributed by atoms with Crippen LogP contribution in [0.4, 0.5) is 5.95 Å². The van der Waals surface area contributed by atoms with Crippen LogP contribution in [0.5, 0.6) is 0 Å². The second-order valence-electron chi connectivity index (χ2n) is 8.14. The molecule has 1 aromatic carbocycles. The highest BCUT2D eigenvalue weighted by molar-refractivity contribution is 7.99. The summed E-state index contributed by atoms with van der Waals surface area (Å²) in [6, 6.07) is 12.4. The molecule has 0 saturated carbocycles. The number of hydrogen-bond acceptors (Lipinski definition) is 6. The first-order chi connectivity index (χ1) is 15.3. The number of aryl methyl sites for hydroxylation is 1. The van der Waals surface area contributed by atoms with Gasteiger partial charge in [0.2, 0.25) is 11.9 Å². The van der Waals surface area contributed by atoms with Gasteiger partial charge in [0, 0.05) is 13.1 Å². The molecule has 2 aromatic heterocycles. The molecule has 7 nitrogen and oxygen atoms in total. The van der Waals surface area contributed by atoms with Crippen molar-refractivity contribution in [2.45, 2.75) is 49.8 Å². The van der Waals surface area contributed by atoms with Crippen molar-refractivity contribution in [2.75, 3.05) is 23.7 Å². The van der Waals surface area contributed by atoms with Crippen molar-refractivity contribution in [3.05, 3.63) is 59.5 Å². The zero-order chi connectivity index (χ0) is 21.0. The van der Waals surface area contributed by atoms with Gasteiger partial charge in [-0.05, 0) is 55.4 Å². The van der Waals surface area contributed by atoms with E-state index in [9.17, 15) is 4.79 Å². The van der Waals surface area contributed by atoms with E-state index in [1.54, 1.807) is 6.26 Å². The standard InChI is InChI=1S/C23H27N5O2S/c29-21(24-20-11-5-8-17-7-1-2-10-19(17)20)16-31-23-26-25-22(27-12-3-4-13-27)28(23)15-18-9-6-14-30-18/h1-2,6-7,9-10,14,20H,3-5,8,11-13,15-16H2,(H,24,29). The second kappa shape index (κ2) is 9.18. The number of anilines is 1. The summed E-state index contributed by atoms with van der Waals surface area (Å²) >= 11 is 1.44. The number of aromatic nitrogens is 3. The highest BCUT2D eigenvalue weighted by atomic mass is 32.2. The molecule has 8 heteroatoms. The van der Waals surface area contributed by atoms with E-state index >= 15 is 0 Å². The Morgan fingerprint density at radius 2 is 2.00 bits per heavy atom. The molecule has 1 saturated heterocycles. The Kier molecular flexibility index (Phi) is 5.97. The van der Waals surface area contributed by atoms with Crippen LogP contribution >= 0.6 is 11.8 Å². The van der Waals surface area contributed by atoms with Crippen molar-refractivity contribution in [1.82, 2.24) is 20.1 Å². The lowest BCUT2D eigenvalue weighted by atomic mass is 9.88. The smallest absolute Gasteiger partial charge is 0.230 e. The number of furan rings is 1. The summed E-state index contributed by atoms with van der Waals surface area (Å²) in [5, 5.41) is 12.8. The lowest BCUT2D eigenvalue weighted by Crippen LogP contribution is -2.32. The van der Waals surface area contributed by atoms with E-state index in [1.165, 1.54) is 35.7 Å². The third-order valence-corrected chi connectivity index (χ3v) is 6.98. The summed E-state index contributed by atoms with van der Waals surface area (Å²) < 4.78 is 7.62. The third kappa shape index (κ3) is 4.49. The van der Waals surface area contributed by atoms with Crippen molar-refractivity contribution in [2.24, 2.45) is 0 Å². The average molecular weight is 438 g/mol. The number of hydrogen-bond donors (Lipinski definition) is 1. The van der Waals surface area contributed by atoms with Crippen LogP contribution in [0.15, 0.2) is 52.2 Å². The van der Waals surface area contributed by atoms with Gasteiger partial charge in [-0.25, -0.2) is 0 Å². The van der Waals surface area contributed by atoms with E-state index in [1.807, 2.05) is 12.1 Å². The molecule has 1 fully saturated rings. The molecule has 1 unspecified atom stereocenters. The van der Waals surface area contributed by atoms with E-state index in [4.69, 9.17) is 4.42 Å². The first kappa shape index (κ1) is 20.2. The minimum absolute atomic E-state index is 0.0296. The lowest BCUT2D eigenvalue weighted by Gasteiger charge is -2.26. The predicted octanol–water partition coefficient (Wildman–Crippen LogP) is 3.81. The fourth-order valence-electron chi connectivity index (χ4n) is 4.51. The van der Waals surface area contributed by atoms with Crippen LogP contribution in [-0.4, -0.2) is 39.5 Å². The number of thioether (sulfide) groups is 1. The van der Waals surface area contributed by atoms with Crippen LogP contribution in [0.25, 0.3) is 0 Å². The number of nitrogens with zero attached hydrogens (tertiary/aromatic N) is 4. The highest BCUT2D eigenvalue weighted by Crippen LogP contribution is 2.30. The normalized spacial score (nSPS) is 18.2. The van der Waals surface area contributed by atoms with Crippen LogP contribution < -0.4 is 10.2 Å². The Morgan fingerprint density at radius 1 is 1.13 bits per heavy atom. The van der Waals surface area contributed by atoms with Crippen molar-refractivity contribution in [1.29, 1.82) is 0 Å². The molecule has 1 aliphatic heterocycles. The second-order valence-corrected chi connectivity index (χ2v) is 9.08. The molecule has 3 heterocycles. The summed E-state index contributed by atoms with van der Waals surface area (Å²) in [5.74, 6) is 2.06. The zero-order valence-electron chi connectivity index (χ0n) is 17.5. The van der Waals surface area contributed by atoms with Gasteiger partial charge in [0.15, 0.2) is 5.16 Å². The molecule has 3 aromatic rings. The molecular formula is C23H27N5O2S. The first-order valence-corrected chi connectivity index (χ1v) is 12.0. The maximum atomic E-state index is 12.8. The summed E-state index contributed by atoms with van der Waals surface area (Å²) in [6.45, 7) is 2.54. The third-order valence-electron chi connectivity index (χ3n) is 6.02. The van der Waals surface area contributed by atoms with E-state index in [-0.39, 0.29) is 11.9 Å². The molecular weight excluding hydrogens is 410 g/mol. The van der Waals surface area contributed by atoms with E-state index in [0.717, 1.165) is 49.2 Å². The fraction of sp³-hybridized carbons (Fsp3) is 0.435. The zero-order valence-corrected chi connectivity index (χ0v) is 18.3. The molecule has 0 bridgehead atoms. The fourth-order valence-corrected chi connectivity index (χ4v) is 5.25. The number of fused-ring (bicyclic) bond motifs is 1. The Balaban J connectivity index is 1.27. The maximum Gasteiger partial charge on any atom is 0.230 e. The van der Waals surface area contributed by atoms with Crippen LogP contribution in [-0.2, 0) is 17.8 Å². The quantitative estimate of drug-likeness (QED) is 0.567. The van der Waals surface area contributed by atoms with Crippen LogP contribution in [0.2, 0.25) is 0 Å². The Bertz CT molecular complexity index is 1030. The van der Waals surface area contributed by atoms with E-state index in [0.29, 0.717) is 12.3 Å². The summed E-state index contributed by atoms with van der Waals surface area (Å²) in [7, 11) is 0. The van der Waals surface area contributed by atoms with Gasteiger partial charge >= 0.3 is 0 Å². The summed E-state index contributed by atoms with van der Waals surface area (Å²) in [6.07, 6.45) is 7.19. The molecule has 162 valence electrons. The van der Waals surface area contributed by atoms with Gasteiger partial charge in [0.1, 0.15) is 5.76 Å². The molecule has 5 rings (SSSR count). The van der Waals surface area contributed by atoms with Crippen LogP contribution in [0.3, 0.4) is 0 Å². The number of carbonyl (C=O) groups is 1. The van der Waals surface area contributed by atoms with Gasteiger partial charge in [-0.3, -0.25) is 9.36 Å². The van der Waals surface area contributed by atoms with Gasteiger partial charge in [0.05, 0.1) is 24.6 Å². The summed E-state index contributed by atoms with van der Waals surface area (Å²) in [4.78, 5) is 15.0. The average Bonchev–Trinajstić information content (AvgIpc) is 3.56. The molecule has 1 atom stereocenters. The van der Waals surface area contributed by atoms with Gasteiger partial charge in [0.25, 0.3) is 0 Å².